The number of nitrogens with zero attached hydrogens (tertiary/aromatic N) is 1. The highest BCUT2D eigenvalue weighted by atomic mass is 16.2. The minimum Gasteiger partial charge on any atom is -0.351 e. The molecule has 3 heteroatoms. The third-order valence-corrected chi connectivity index (χ3v) is 3.87. The molecule has 2 rings (SSSR count). The summed E-state index contributed by atoms with van der Waals surface area (Å²) in [4.78, 5) is 13.7. The van der Waals surface area contributed by atoms with Crippen LogP contribution in [-0.4, -0.2) is 12.1 Å². The zero-order chi connectivity index (χ0) is 15.8. The molecule has 1 unspecified atom stereocenters. The Morgan fingerprint density at radius 3 is 2.14 bits per heavy atom. The van der Waals surface area contributed by atoms with Crippen molar-refractivity contribution < 1.29 is 4.79 Å². The van der Waals surface area contributed by atoms with Crippen molar-refractivity contribution in [1.82, 2.24) is 0 Å². The molecule has 0 fully saturated rings. The van der Waals surface area contributed by atoms with Crippen LogP contribution in [0.2, 0.25) is 0 Å². The first-order chi connectivity index (χ1) is 10.7. The first kappa shape index (κ1) is 16.1. The molecule has 0 saturated carbocycles. The number of anilines is 1. The standard InChI is InChI=1S/C19H24N2O/c1-2-9-17(15-14-16-10-5-3-6-11-16)21(19(20)22)18-12-7-4-8-13-18/h3-8,10-13,17H,2,9,14-15H2,1H3,(H2,20,22). The van der Waals surface area contributed by atoms with Crippen molar-refractivity contribution in [3.63, 3.8) is 0 Å². The fourth-order valence-corrected chi connectivity index (χ4v) is 2.82. The Morgan fingerprint density at radius 2 is 1.59 bits per heavy atom. The van der Waals surface area contributed by atoms with Crippen molar-refractivity contribution in [3.05, 3.63) is 66.2 Å². The van der Waals surface area contributed by atoms with E-state index in [4.69, 9.17) is 5.73 Å². The molecule has 0 heterocycles. The number of para-hydroxylation sites is 1. The van der Waals surface area contributed by atoms with Gasteiger partial charge in [-0.3, -0.25) is 4.90 Å². The number of carbonyl (C=O) groups is 1. The average molecular weight is 296 g/mol. The van der Waals surface area contributed by atoms with E-state index in [0.29, 0.717) is 0 Å². The van der Waals surface area contributed by atoms with Crippen LogP contribution in [-0.2, 0) is 6.42 Å². The maximum absolute atomic E-state index is 12.0. The molecular formula is C19H24N2O. The van der Waals surface area contributed by atoms with Crippen molar-refractivity contribution in [2.75, 3.05) is 4.90 Å². The first-order valence-corrected chi connectivity index (χ1v) is 7.90. The number of nitrogens with two attached hydrogens (primary N) is 1. The largest absolute Gasteiger partial charge is 0.351 e. The van der Waals surface area contributed by atoms with Gasteiger partial charge in [-0.15, -0.1) is 0 Å². The van der Waals surface area contributed by atoms with E-state index in [1.165, 1.54) is 5.56 Å². The predicted octanol–water partition coefficient (Wildman–Crippen LogP) is 4.37. The first-order valence-electron chi connectivity index (χ1n) is 7.90. The lowest BCUT2D eigenvalue weighted by molar-refractivity contribution is 0.250. The van der Waals surface area contributed by atoms with Gasteiger partial charge in [-0.05, 0) is 37.0 Å². The Morgan fingerprint density at radius 1 is 1.00 bits per heavy atom. The fraction of sp³-hybridized carbons (Fsp3) is 0.316. The summed E-state index contributed by atoms with van der Waals surface area (Å²) in [5, 5.41) is 0. The molecule has 22 heavy (non-hydrogen) atoms. The number of benzene rings is 2. The second-order valence-corrected chi connectivity index (χ2v) is 5.51. The number of carbonyl (C=O) groups excluding carboxylic acids is 1. The van der Waals surface area contributed by atoms with Gasteiger partial charge in [0, 0.05) is 11.7 Å². The third-order valence-electron chi connectivity index (χ3n) is 3.87. The van der Waals surface area contributed by atoms with E-state index >= 15 is 0 Å². The molecule has 0 spiro atoms. The van der Waals surface area contributed by atoms with Crippen molar-refractivity contribution in [1.29, 1.82) is 0 Å². The van der Waals surface area contributed by atoms with Crippen molar-refractivity contribution in [2.24, 2.45) is 5.73 Å². The molecule has 0 aromatic heterocycles. The molecule has 0 aliphatic carbocycles. The second kappa shape index (κ2) is 8.23. The average Bonchev–Trinajstić information content (AvgIpc) is 2.54. The topological polar surface area (TPSA) is 46.3 Å². The Bertz CT molecular complexity index is 569. The van der Waals surface area contributed by atoms with Gasteiger partial charge < -0.3 is 5.73 Å². The summed E-state index contributed by atoms with van der Waals surface area (Å²) in [6, 6.07) is 19.8. The number of aryl methyl sites for hydroxylation is 1. The molecule has 2 aromatic rings. The summed E-state index contributed by atoms with van der Waals surface area (Å²) in [5.41, 5.74) is 7.82. The molecule has 0 aliphatic rings. The zero-order valence-corrected chi connectivity index (χ0v) is 13.1. The number of hydrogen-bond acceptors (Lipinski definition) is 1. The number of amides is 2. The molecule has 1 atom stereocenters. The Kier molecular flexibility index (Phi) is 6.01. The summed E-state index contributed by atoms with van der Waals surface area (Å²) >= 11 is 0. The van der Waals surface area contributed by atoms with Crippen molar-refractivity contribution >= 4 is 11.7 Å². The van der Waals surface area contributed by atoms with Crippen LogP contribution in [0.5, 0.6) is 0 Å². The molecule has 0 aliphatic heterocycles. The highest BCUT2D eigenvalue weighted by molar-refractivity contribution is 5.91. The summed E-state index contributed by atoms with van der Waals surface area (Å²) in [6.45, 7) is 2.14. The molecule has 0 saturated heterocycles. The van der Waals surface area contributed by atoms with Gasteiger partial charge in [-0.25, -0.2) is 4.79 Å². The van der Waals surface area contributed by atoms with Gasteiger partial charge in [-0.1, -0.05) is 61.9 Å². The smallest absolute Gasteiger partial charge is 0.319 e. The molecular weight excluding hydrogens is 272 g/mol. The Balaban J connectivity index is 2.14. The SMILES string of the molecule is CCCC(CCc1ccccc1)N(C(N)=O)c1ccccc1. The summed E-state index contributed by atoms with van der Waals surface area (Å²) in [5.74, 6) is 0. The quantitative estimate of drug-likeness (QED) is 0.810. The third kappa shape index (κ3) is 4.35. The summed E-state index contributed by atoms with van der Waals surface area (Å²) in [6.07, 6.45) is 3.83. The zero-order valence-electron chi connectivity index (χ0n) is 13.1. The van der Waals surface area contributed by atoms with E-state index in [-0.39, 0.29) is 12.1 Å². The highest BCUT2D eigenvalue weighted by Gasteiger charge is 2.22. The number of primary amides is 1. The van der Waals surface area contributed by atoms with Gasteiger partial charge in [0.1, 0.15) is 0 Å². The van der Waals surface area contributed by atoms with E-state index in [1.54, 1.807) is 4.90 Å². The van der Waals surface area contributed by atoms with E-state index < -0.39 is 0 Å². The minimum atomic E-state index is -0.377. The van der Waals surface area contributed by atoms with Gasteiger partial charge in [-0.2, -0.15) is 0 Å². The summed E-state index contributed by atoms with van der Waals surface area (Å²) in [7, 11) is 0. The van der Waals surface area contributed by atoms with E-state index in [0.717, 1.165) is 31.4 Å². The molecule has 2 N–H and O–H groups in total. The maximum atomic E-state index is 12.0. The van der Waals surface area contributed by atoms with Gasteiger partial charge in [0.25, 0.3) is 0 Å². The van der Waals surface area contributed by atoms with Gasteiger partial charge in [0.15, 0.2) is 0 Å². The monoisotopic (exact) mass is 296 g/mol. The lowest BCUT2D eigenvalue weighted by Crippen LogP contribution is -2.44. The van der Waals surface area contributed by atoms with Crippen LogP contribution in [0, 0.1) is 0 Å². The maximum Gasteiger partial charge on any atom is 0.319 e. The van der Waals surface area contributed by atoms with Crippen LogP contribution < -0.4 is 10.6 Å². The van der Waals surface area contributed by atoms with E-state index in [2.05, 4.69) is 19.1 Å². The molecule has 2 aromatic carbocycles. The number of hydrogen-bond donors (Lipinski definition) is 1. The lowest BCUT2D eigenvalue weighted by atomic mass is 10.00. The van der Waals surface area contributed by atoms with Crippen molar-refractivity contribution in [3.8, 4) is 0 Å². The van der Waals surface area contributed by atoms with Crippen LogP contribution >= 0.6 is 0 Å². The fourth-order valence-electron chi connectivity index (χ4n) is 2.82. The normalized spacial score (nSPS) is 11.9. The predicted molar refractivity (Wildman–Crippen MR) is 92.0 cm³/mol. The van der Waals surface area contributed by atoms with E-state index in [9.17, 15) is 4.79 Å². The molecule has 116 valence electrons. The van der Waals surface area contributed by atoms with Crippen LogP contribution in [0.4, 0.5) is 10.5 Å². The second-order valence-electron chi connectivity index (χ2n) is 5.51. The molecule has 0 bridgehead atoms. The summed E-state index contributed by atoms with van der Waals surface area (Å²) < 4.78 is 0. The lowest BCUT2D eigenvalue weighted by Gasteiger charge is -2.30. The number of urea groups is 1. The van der Waals surface area contributed by atoms with Crippen molar-refractivity contribution in [2.45, 2.75) is 38.6 Å². The minimum absolute atomic E-state index is 0.130. The van der Waals surface area contributed by atoms with E-state index in [1.807, 2.05) is 48.5 Å². The molecule has 0 radical (unpaired) electrons. The number of rotatable bonds is 7. The van der Waals surface area contributed by atoms with Crippen LogP contribution in [0.25, 0.3) is 0 Å². The van der Waals surface area contributed by atoms with Crippen LogP contribution in [0.3, 0.4) is 0 Å². The van der Waals surface area contributed by atoms with Crippen LogP contribution in [0.1, 0.15) is 31.7 Å². The van der Waals surface area contributed by atoms with Gasteiger partial charge >= 0.3 is 6.03 Å². The molecule has 2 amide bonds. The Labute approximate surface area is 132 Å². The van der Waals surface area contributed by atoms with Crippen LogP contribution in [0.15, 0.2) is 60.7 Å². The van der Waals surface area contributed by atoms with Gasteiger partial charge in [0.2, 0.25) is 0 Å². The molecule has 3 nitrogen and oxygen atoms in total. The highest BCUT2D eigenvalue weighted by Crippen LogP contribution is 2.22. The van der Waals surface area contributed by atoms with Gasteiger partial charge in [0.05, 0.1) is 0 Å². The Hall–Kier alpha value is -2.29.